The quantitative estimate of drug-likeness (QED) is 0.836. The topological polar surface area (TPSA) is 89.3 Å². The molecular formula is C12H14N5O2S-. The minimum atomic E-state index is -0.160. The summed E-state index contributed by atoms with van der Waals surface area (Å²) in [4.78, 5) is 0. The summed E-state index contributed by atoms with van der Waals surface area (Å²) in [5.74, 6) is 0.634. The van der Waals surface area contributed by atoms with Crippen LogP contribution in [0.2, 0.25) is 0 Å². The number of rotatable bonds is 4. The third-order valence-electron chi connectivity index (χ3n) is 3.03. The van der Waals surface area contributed by atoms with Crippen LogP contribution in [0.15, 0.2) is 29.4 Å². The van der Waals surface area contributed by atoms with Crippen LogP contribution in [0.5, 0.6) is 0 Å². The van der Waals surface area contributed by atoms with E-state index in [0.29, 0.717) is 11.2 Å². The Hall–Kier alpha value is -1.77. The number of hydrogen-bond acceptors (Lipinski definition) is 7. The molecule has 0 radical (unpaired) electrons. The number of anilines is 1. The van der Waals surface area contributed by atoms with Crippen LogP contribution in [0.25, 0.3) is 11.4 Å². The highest BCUT2D eigenvalue weighted by molar-refractivity contribution is 8.00. The number of hydrogen-bond donors (Lipinski definition) is 2. The first-order valence-corrected chi connectivity index (χ1v) is 7.22. The van der Waals surface area contributed by atoms with E-state index in [2.05, 4.69) is 22.5 Å². The van der Waals surface area contributed by atoms with Crippen LogP contribution in [0.4, 0.5) is 5.69 Å². The van der Waals surface area contributed by atoms with Crippen molar-refractivity contribution in [1.82, 2.24) is 14.9 Å². The number of nitrogens with one attached hydrogen (secondary N) is 1. The molecule has 1 aromatic carbocycles. The highest BCUT2D eigenvalue weighted by atomic mass is 32.2. The summed E-state index contributed by atoms with van der Waals surface area (Å²) in [5, 5.41) is 29.1. The van der Waals surface area contributed by atoms with Crippen molar-refractivity contribution in [2.75, 3.05) is 10.7 Å². The van der Waals surface area contributed by atoms with Crippen molar-refractivity contribution in [2.45, 2.75) is 30.3 Å². The van der Waals surface area contributed by atoms with E-state index >= 15 is 0 Å². The lowest BCUT2D eigenvalue weighted by molar-refractivity contribution is 0.296. The molecule has 1 unspecified atom stereocenters. The lowest BCUT2D eigenvalue weighted by Crippen LogP contribution is -2.19. The molecule has 0 spiro atoms. The second-order valence-corrected chi connectivity index (χ2v) is 5.66. The van der Waals surface area contributed by atoms with Crippen molar-refractivity contribution in [2.24, 2.45) is 0 Å². The number of fused-ring (bicyclic) bond motifs is 1. The van der Waals surface area contributed by atoms with Gasteiger partial charge in [-0.3, -0.25) is 5.21 Å². The molecule has 2 aromatic rings. The van der Waals surface area contributed by atoms with Gasteiger partial charge in [0.05, 0.1) is 11.1 Å². The van der Waals surface area contributed by atoms with Gasteiger partial charge in [-0.25, -0.2) is 4.68 Å². The Morgan fingerprint density at radius 3 is 3.10 bits per heavy atom. The Balaban J connectivity index is 1.92. The zero-order valence-electron chi connectivity index (χ0n) is 10.9. The van der Waals surface area contributed by atoms with Gasteiger partial charge in [-0.1, -0.05) is 37.2 Å². The molecule has 106 valence electrons. The molecular weight excluding hydrogens is 278 g/mol. The summed E-state index contributed by atoms with van der Waals surface area (Å²) in [5.41, 5.74) is 4.22. The lowest BCUT2D eigenvalue weighted by Gasteiger charge is -2.21. The Bertz CT molecular complexity index is 616. The second-order valence-electron chi connectivity index (χ2n) is 4.49. The highest BCUT2D eigenvalue weighted by Gasteiger charge is 2.26. The molecule has 8 heteroatoms. The van der Waals surface area contributed by atoms with Gasteiger partial charge in [0, 0.05) is 5.56 Å². The van der Waals surface area contributed by atoms with E-state index in [1.165, 1.54) is 6.07 Å². The second kappa shape index (κ2) is 5.31. The smallest absolute Gasteiger partial charge is 0.212 e. The van der Waals surface area contributed by atoms with Gasteiger partial charge >= 0.3 is 0 Å². The molecule has 0 bridgehead atoms. The zero-order chi connectivity index (χ0) is 14.1. The molecule has 1 aromatic heterocycles. The van der Waals surface area contributed by atoms with E-state index in [1.807, 2.05) is 10.7 Å². The first-order chi connectivity index (χ1) is 9.69. The SMILES string of the molecule is CCCC1Nn2c(nnc2-c2cccc(N([O-])O)c2)S1. The minimum absolute atomic E-state index is 0.160. The van der Waals surface area contributed by atoms with E-state index in [9.17, 15) is 5.21 Å². The van der Waals surface area contributed by atoms with Gasteiger partial charge in [0.1, 0.15) is 0 Å². The molecule has 0 saturated heterocycles. The summed E-state index contributed by atoms with van der Waals surface area (Å²) in [7, 11) is 0. The Morgan fingerprint density at radius 1 is 1.50 bits per heavy atom. The van der Waals surface area contributed by atoms with E-state index < -0.39 is 0 Å². The number of thioether (sulfide) groups is 1. The first-order valence-electron chi connectivity index (χ1n) is 6.34. The Morgan fingerprint density at radius 2 is 2.35 bits per heavy atom. The van der Waals surface area contributed by atoms with Crippen molar-refractivity contribution in [3.63, 3.8) is 0 Å². The highest BCUT2D eigenvalue weighted by Crippen LogP contribution is 2.33. The standard InChI is InChI=1S/C12H14N5O2S/c1-2-4-10-15-16-11(13-14-12(16)20-10)8-5-3-6-9(7-8)17(18)19/h3,5-7,10,15,18H,2,4H2,1H3/q-1. The van der Waals surface area contributed by atoms with Gasteiger partial charge in [0.15, 0.2) is 5.82 Å². The van der Waals surface area contributed by atoms with E-state index in [0.717, 1.165) is 23.6 Å². The van der Waals surface area contributed by atoms with Crippen LogP contribution >= 0.6 is 11.8 Å². The third kappa shape index (κ3) is 2.33. The fourth-order valence-corrected chi connectivity index (χ4v) is 3.20. The first kappa shape index (κ1) is 13.2. The van der Waals surface area contributed by atoms with Crippen molar-refractivity contribution in [1.29, 1.82) is 0 Å². The van der Waals surface area contributed by atoms with Gasteiger partial charge < -0.3 is 15.9 Å². The fourth-order valence-electron chi connectivity index (χ4n) is 2.10. The lowest BCUT2D eigenvalue weighted by atomic mass is 10.2. The fraction of sp³-hybridized carbons (Fsp3) is 0.333. The monoisotopic (exact) mass is 292 g/mol. The number of aromatic nitrogens is 3. The molecule has 1 aliphatic rings. The average Bonchev–Trinajstić information content (AvgIpc) is 2.99. The number of nitrogens with zero attached hydrogens (tertiary/aromatic N) is 4. The molecule has 7 nitrogen and oxygen atoms in total. The molecule has 2 heterocycles. The zero-order valence-corrected chi connectivity index (χ0v) is 11.7. The predicted molar refractivity (Wildman–Crippen MR) is 77.0 cm³/mol. The summed E-state index contributed by atoms with van der Waals surface area (Å²) < 4.78 is 1.83. The van der Waals surface area contributed by atoms with Crippen LogP contribution in [0.1, 0.15) is 19.8 Å². The minimum Gasteiger partial charge on any atom is -0.733 e. The van der Waals surface area contributed by atoms with Crippen molar-refractivity contribution in [3.8, 4) is 11.4 Å². The summed E-state index contributed by atoms with van der Waals surface area (Å²) in [6.07, 6.45) is 2.13. The van der Waals surface area contributed by atoms with Crippen LogP contribution < -0.4 is 10.7 Å². The molecule has 3 rings (SSSR count). The van der Waals surface area contributed by atoms with Crippen molar-refractivity contribution < 1.29 is 5.21 Å². The molecule has 20 heavy (non-hydrogen) atoms. The third-order valence-corrected chi connectivity index (χ3v) is 4.13. The molecule has 0 saturated carbocycles. The summed E-state index contributed by atoms with van der Waals surface area (Å²) >= 11 is 1.64. The van der Waals surface area contributed by atoms with Crippen molar-refractivity contribution in [3.05, 3.63) is 29.5 Å². The van der Waals surface area contributed by atoms with Crippen LogP contribution in [0, 0.1) is 5.21 Å². The largest absolute Gasteiger partial charge is 0.733 e. The molecule has 2 N–H and O–H groups in total. The molecule has 0 fully saturated rings. The Labute approximate surface area is 120 Å². The molecule has 1 aliphatic heterocycles. The Kier molecular flexibility index (Phi) is 3.51. The van der Waals surface area contributed by atoms with Gasteiger partial charge in [-0.2, -0.15) is 0 Å². The van der Waals surface area contributed by atoms with Gasteiger partial charge in [0.2, 0.25) is 5.16 Å². The van der Waals surface area contributed by atoms with Gasteiger partial charge in [0.25, 0.3) is 0 Å². The normalized spacial score (nSPS) is 16.9. The average molecular weight is 292 g/mol. The molecule has 1 atom stereocenters. The van der Waals surface area contributed by atoms with Crippen molar-refractivity contribution >= 4 is 17.4 Å². The van der Waals surface area contributed by atoms with Crippen LogP contribution in [-0.2, 0) is 0 Å². The maximum absolute atomic E-state index is 10.9. The van der Waals surface area contributed by atoms with E-state index in [-0.39, 0.29) is 10.9 Å². The van der Waals surface area contributed by atoms with Gasteiger partial charge in [-0.15, -0.1) is 10.2 Å². The maximum atomic E-state index is 10.9. The number of benzene rings is 1. The summed E-state index contributed by atoms with van der Waals surface area (Å²) in [6, 6.07) is 6.62. The molecule has 0 amide bonds. The van der Waals surface area contributed by atoms with Crippen LogP contribution in [-0.4, -0.2) is 25.5 Å². The summed E-state index contributed by atoms with van der Waals surface area (Å²) in [6.45, 7) is 2.13. The maximum Gasteiger partial charge on any atom is 0.212 e. The van der Waals surface area contributed by atoms with E-state index in [4.69, 9.17) is 5.21 Å². The van der Waals surface area contributed by atoms with Gasteiger partial charge in [-0.05, 0) is 18.6 Å². The molecule has 0 aliphatic carbocycles. The van der Waals surface area contributed by atoms with E-state index in [1.54, 1.807) is 23.9 Å². The predicted octanol–water partition coefficient (Wildman–Crippen LogP) is 2.41. The van der Waals surface area contributed by atoms with Crippen LogP contribution in [0.3, 0.4) is 0 Å².